The quantitative estimate of drug-likeness (QED) is 0.575. The molecule has 1 unspecified atom stereocenters. The largest absolute Gasteiger partial charge is 0.348 e. The van der Waals surface area contributed by atoms with Gasteiger partial charge < -0.3 is 20.9 Å². The van der Waals surface area contributed by atoms with Gasteiger partial charge in [-0.15, -0.1) is 0 Å². The van der Waals surface area contributed by atoms with E-state index in [4.69, 9.17) is 0 Å². The monoisotopic (exact) mass is 444 g/mol. The highest BCUT2D eigenvalue weighted by Gasteiger charge is 2.44. The molecule has 1 aliphatic rings. The standard InChI is InChI=1S/C25H40N4O3/c1-8-19(18-12-10-9-11-13-18)27-23(31)20-14-16(2)15-29(20)24(32)21(25(4,5)6)28-22(30)17(3)26-7/h9-13,16-17,19-21,26H,8,14-15H2,1-7H3,(H,27,31)(H,28,30)/t16-,17-,19+,20-,21?/m0/s1. The molecule has 0 saturated carbocycles. The van der Waals surface area contributed by atoms with Crippen molar-refractivity contribution in [2.45, 2.75) is 78.6 Å². The molecule has 1 aromatic rings. The van der Waals surface area contributed by atoms with E-state index in [2.05, 4.69) is 22.9 Å². The first-order valence-electron chi connectivity index (χ1n) is 11.6. The van der Waals surface area contributed by atoms with Crippen LogP contribution < -0.4 is 16.0 Å². The van der Waals surface area contributed by atoms with Gasteiger partial charge in [-0.05, 0) is 43.7 Å². The highest BCUT2D eigenvalue weighted by molar-refractivity contribution is 5.94. The fourth-order valence-electron chi connectivity index (χ4n) is 4.13. The molecule has 1 aliphatic heterocycles. The van der Waals surface area contributed by atoms with Crippen LogP contribution in [0.2, 0.25) is 0 Å². The lowest BCUT2D eigenvalue weighted by atomic mass is 9.85. The third-order valence-electron chi connectivity index (χ3n) is 6.25. The minimum Gasteiger partial charge on any atom is -0.348 e. The zero-order valence-corrected chi connectivity index (χ0v) is 20.6. The van der Waals surface area contributed by atoms with Gasteiger partial charge in [0.1, 0.15) is 12.1 Å². The first kappa shape index (κ1) is 25.8. The van der Waals surface area contributed by atoms with E-state index in [1.165, 1.54) is 0 Å². The molecule has 1 saturated heterocycles. The van der Waals surface area contributed by atoms with Gasteiger partial charge in [0.2, 0.25) is 17.7 Å². The summed E-state index contributed by atoms with van der Waals surface area (Å²) in [5, 5.41) is 8.96. The van der Waals surface area contributed by atoms with Crippen LogP contribution in [0.4, 0.5) is 0 Å². The maximum atomic E-state index is 13.6. The van der Waals surface area contributed by atoms with E-state index < -0.39 is 23.5 Å². The number of likely N-dealkylation sites (N-methyl/N-ethyl adjacent to an activating group) is 1. The van der Waals surface area contributed by atoms with Crippen LogP contribution in [0.1, 0.15) is 66.0 Å². The number of rotatable bonds is 8. The molecule has 0 bridgehead atoms. The van der Waals surface area contributed by atoms with Crippen LogP contribution in [0.15, 0.2) is 30.3 Å². The van der Waals surface area contributed by atoms with Gasteiger partial charge >= 0.3 is 0 Å². The summed E-state index contributed by atoms with van der Waals surface area (Å²) in [7, 11) is 1.71. The number of carbonyl (C=O) groups excluding carboxylic acids is 3. The van der Waals surface area contributed by atoms with Crippen molar-refractivity contribution in [1.29, 1.82) is 0 Å². The number of nitrogens with one attached hydrogen (secondary N) is 3. The van der Waals surface area contributed by atoms with Gasteiger partial charge in [-0.1, -0.05) is 65.0 Å². The van der Waals surface area contributed by atoms with Gasteiger partial charge in [-0.3, -0.25) is 14.4 Å². The molecule has 0 aromatic heterocycles. The Balaban J connectivity index is 2.22. The second-order valence-electron chi connectivity index (χ2n) is 10.0. The molecule has 5 atom stereocenters. The fraction of sp³-hybridized carbons (Fsp3) is 0.640. The Bertz CT molecular complexity index is 790. The molecule has 32 heavy (non-hydrogen) atoms. The molecule has 0 radical (unpaired) electrons. The third-order valence-corrected chi connectivity index (χ3v) is 6.25. The average Bonchev–Trinajstić information content (AvgIpc) is 3.16. The predicted molar refractivity (Wildman–Crippen MR) is 127 cm³/mol. The van der Waals surface area contributed by atoms with Crippen molar-refractivity contribution in [2.24, 2.45) is 11.3 Å². The van der Waals surface area contributed by atoms with Gasteiger partial charge in [0, 0.05) is 6.54 Å². The van der Waals surface area contributed by atoms with Gasteiger partial charge in [0.05, 0.1) is 12.1 Å². The Morgan fingerprint density at radius 2 is 1.75 bits per heavy atom. The third kappa shape index (κ3) is 6.31. The molecule has 0 aliphatic carbocycles. The average molecular weight is 445 g/mol. The molecule has 3 amide bonds. The van der Waals surface area contributed by atoms with Crippen molar-refractivity contribution in [2.75, 3.05) is 13.6 Å². The van der Waals surface area contributed by atoms with Crippen LogP contribution in [-0.2, 0) is 14.4 Å². The molecule has 1 fully saturated rings. The molecular weight excluding hydrogens is 404 g/mol. The summed E-state index contributed by atoms with van der Waals surface area (Å²) in [4.78, 5) is 41.1. The van der Waals surface area contributed by atoms with Crippen molar-refractivity contribution in [3.05, 3.63) is 35.9 Å². The number of hydrogen-bond donors (Lipinski definition) is 3. The summed E-state index contributed by atoms with van der Waals surface area (Å²) in [6.07, 6.45) is 1.37. The lowest BCUT2D eigenvalue weighted by Crippen LogP contribution is -2.59. The maximum absolute atomic E-state index is 13.6. The van der Waals surface area contributed by atoms with Crippen molar-refractivity contribution >= 4 is 17.7 Å². The Hall–Kier alpha value is -2.41. The predicted octanol–water partition coefficient (Wildman–Crippen LogP) is 2.63. The Labute approximate surface area is 192 Å². The van der Waals surface area contributed by atoms with E-state index in [0.717, 1.165) is 12.0 Å². The molecule has 2 rings (SSSR count). The van der Waals surface area contributed by atoms with Gasteiger partial charge in [-0.25, -0.2) is 0 Å². The summed E-state index contributed by atoms with van der Waals surface area (Å²) >= 11 is 0. The number of likely N-dealkylation sites (tertiary alicyclic amines) is 1. The minimum absolute atomic E-state index is 0.105. The van der Waals surface area contributed by atoms with Crippen LogP contribution in [0.5, 0.6) is 0 Å². The normalized spacial score (nSPS) is 21.5. The molecule has 3 N–H and O–H groups in total. The van der Waals surface area contributed by atoms with E-state index in [1.54, 1.807) is 18.9 Å². The van der Waals surface area contributed by atoms with Gasteiger partial charge in [0.15, 0.2) is 0 Å². The smallest absolute Gasteiger partial charge is 0.246 e. The number of nitrogens with zero attached hydrogens (tertiary/aromatic N) is 1. The van der Waals surface area contributed by atoms with Crippen LogP contribution >= 0.6 is 0 Å². The highest BCUT2D eigenvalue weighted by atomic mass is 16.2. The minimum atomic E-state index is -0.720. The highest BCUT2D eigenvalue weighted by Crippen LogP contribution is 2.29. The summed E-state index contributed by atoms with van der Waals surface area (Å²) in [5.41, 5.74) is 0.552. The van der Waals surface area contributed by atoms with E-state index in [9.17, 15) is 14.4 Å². The van der Waals surface area contributed by atoms with Crippen LogP contribution in [-0.4, -0.2) is 54.3 Å². The van der Waals surface area contributed by atoms with Crippen molar-refractivity contribution in [3.63, 3.8) is 0 Å². The summed E-state index contributed by atoms with van der Waals surface area (Å²) < 4.78 is 0. The SMILES string of the molecule is CC[C@@H](NC(=O)[C@@H]1C[C@H](C)CN1C(=O)C(NC(=O)[C@H](C)NC)C(C)(C)C)c1ccccc1. The zero-order valence-electron chi connectivity index (χ0n) is 20.6. The maximum Gasteiger partial charge on any atom is 0.246 e. The molecule has 7 nitrogen and oxygen atoms in total. The first-order chi connectivity index (χ1) is 15.0. The Morgan fingerprint density at radius 1 is 1.12 bits per heavy atom. The molecule has 1 aromatic carbocycles. The first-order valence-corrected chi connectivity index (χ1v) is 11.6. The number of carbonyl (C=O) groups is 3. The summed E-state index contributed by atoms with van der Waals surface area (Å²) in [6, 6.07) is 8.09. The van der Waals surface area contributed by atoms with Crippen LogP contribution in [0.3, 0.4) is 0 Å². The molecule has 178 valence electrons. The van der Waals surface area contributed by atoms with E-state index in [1.807, 2.05) is 58.0 Å². The van der Waals surface area contributed by atoms with Gasteiger partial charge in [-0.2, -0.15) is 0 Å². The lowest BCUT2D eigenvalue weighted by Gasteiger charge is -2.36. The zero-order chi connectivity index (χ0) is 24.1. The van der Waals surface area contributed by atoms with Crippen molar-refractivity contribution in [3.8, 4) is 0 Å². The number of amides is 3. The Kier molecular flexibility index (Phi) is 8.84. The van der Waals surface area contributed by atoms with Crippen molar-refractivity contribution in [1.82, 2.24) is 20.9 Å². The second-order valence-corrected chi connectivity index (χ2v) is 10.0. The summed E-state index contributed by atoms with van der Waals surface area (Å²) in [6.45, 7) is 12.1. The van der Waals surface area contributed by atoms with E-state index >= 15 is 0 Å². The topological polar surface area (TPSA) is 90.5 Å². The van der Waals surface area contributed by atoms with Crippen LogP contribution in [0, 0.1) is 11.3 Å². The van der Waals surface area contributed by atoms with E-state index in [-0.39, 0.29) is 29.7 Å². The number of hydrogen-bond acceptors (Lipinski definition) is 4. The number of benzene rings is 1. The Morgan fingerprint density at radius 3 is 2.28 bits per heavy atom. The fourth-order valence-corrected chi connectivity index (χ4v) is 4.13. The van der Waals surface area contributed by atoms with Crippen LogP contribution in [0.25, 0.3) is 0 Å². The van der Waals surface area contributed by atoms with Crippen molar-refractivity contribution < 1.29 is 14.4 Å². The second kappa shape index (κ2) is 10.9. The lowest BCUT2D eigenvalue weighted by molar-refractivity contribution is -0.144. The molecule has 1 heterocycles. The summed E-state index contributed by atoms with van der Waals surface area (Å²) in [5.74, 6) is -0.365. The van der Waals surface area contributed by atoms with Gasteiger partial charge in [0.25, 0.3) is 0 Å². The molecule has 7 heteroatoms. The molecule has 0 spiro atoms. The van der Waals surface area contributed by atoms with E-state index in [0.29, 0.717) is 13.0 Å². The molecular formula is C25H40N4O3.